The van der Waals surface area contributed by atoms with E-state index in [1.165, 1.54) is 0 Å². The van der Waals surface area contributed by atoms with Crippen LogP contribution in [0.2, 0.25) is 0 Å². The molecule has 1 N–H and O–H groups in total. The van der Waals surface area contributed by atoms with Crippen LogP contribution in [0.25, 0.3) is 22.6 Å². The number of methoxy groups -OCH3 is 1. The van der Waals surface area contributed by atoms with E-state index in [1.807, 2.05) is 12.1 Å². The number of nitrogens with zero attached hydrogens (tertiary/aromatic N) is 3. The molecule has 0 saturated carbocycles. The van der Waals surface area contributed by atoms with Gasteiger partial charge in [0.05, 0.1) is 11.1 Å². The number of nitriles is 1. The number of ether oxygens (including phenoxy) is 1. The Kier molecular flexibility index (Phi) is 2.74. The van der Waals surface area contributed by atoms with E-state index >= 15 is 0 Å². The fourth-order valence-corrected chi connectivity index (χ4v) is 1.88. The lowest BCUT2D eigenvalue weighted by Gasteiger charge is -1.87. The first-order chi connectivity index (χ1) is 9.31. The van der Waals surface area contributed by atoms with E-state index in [0.717, 1.165) is 5.52 Å². The molecule has 1 aromatic carbocycles. The molecule has 0 aliphatic heterocycles. The van der Waals surface area contributed by atoms with Crippen molar-refractivity contribution in [3.63, 3.8) is 0 Å². The molecule has 0 aliphatic rings. The highest BCUT2D eigenvalue weighted by molar-refractivity contribution is 5.84. The summed E-state index contributed by atoms with van der Waals surface area (Å²) in [5, 5.41) is 13.0. The van der Waals surface area contributed by atoms with Gasteiger partial charge in [0.1, 0.15) is 23.9 Å². The molecule has 0 saturated heterocycles. The van der Waals surface area contributed by atoms with Crippen LogP contribution in [0.1, 0.15) is 11.3 Å². The first-order valence-electron chi connectivity index (χ1n) is 5.65. The Morgan fingerprint density at radius 1 is 1.47 bits per heavy atom. The summed E-state index contributed by atoms with van der Waals surface area (Å²) in [7, 11) is 1.59. The number of para-hydroxylation sites is 1. The van der Waals surface area contributed by atoms with Crippen LogP contribution in [0, 0.1) is 11.3 Å². The number of H-pyrrole nitrogens is 1. The number of hydrogen-bond acceptors (Lipinski definition) is 5. The second-order valence-electron chi connectivity index (χ2n) is 4.01. The third kappa shape index (κ3) is 1.96. The van der Waals surface area contributed by atoms with Crippen LogP contribution >= 0.6 is 0 Å². The maximum Gasteiger partial charge on any atom is 0.163 e. The van der Waals surface area contributed by atoms with Crippen molar-refractivity contribution in [3.8, 4) is 17.6 Å². The van der Waals surface area contributed by atoms with Crippen molar-refractivity contribution in [1.29, 1.82) is 5.26 Å². The van der Waals surface area contributed by atoms with Gasteiger partial charge in [-0.25, -0.2) is 4.98 Å². The molecular weight excluding hydrogens is 244 g/mol. The van der Waals surface area contributed by atoms with Crippen molar-refractivity contribution in [2.24, 2.45) is 0 Å². The molecule has 0 spiro atoms. The van der Waals surface area contributed by atoms with E-state index in [4.69, 9.17) is 14.5 Å². The standard InChI is InChI=1S/C13H10N4O2/c1-18-7-9-5-11(17-19-9)13-15-10-4-2-3-8(6-14)12(10)16-13/h2-5H,7H2,1H3,(H,15,16). The first kappa shape index (κ1) is 11.4. The smallest absolute Gasteiger partial charge is 0.163 e. The Hall–Kier alpha value is -2.65. The van der Waals surface area contributed by atoms with Gasteiger partial charge in [-0.15, -0.1) is 0 Å². The Morgan fingerprint density at radius 3 is 3.16 bits per heavy atom. The van der Waals surface area contributed by atoms with E-state index in [2.05, 4.69) is 21.2 Å². The van der Waals surface area contributed by atoms with E-state index in [0.29, 0.717) is 35.0 Å². The highest BCUT2D eigenvalue weighted by Gasteiger charge is 2.12. The van der Waals surface area contributed by atoms with Gasteiger partial charge in [-0.3, -0.25) is 0 Å². The molecule has 0 radical (unpaired) electrons. The normalized spacial score (nSPS) is 10.7. The average molecular weight is 254 g/mol. The quantitative estimate of drug-likeness (QED) is 0.774. The largest absolute Gasteiger partial charge is 0.377 e. The summed E-state index contributed by atoms with van der Waals surface area (Å²) in [5.74, 6) is 1.20. The number of benzene rings is 1. The minimum atomic E-state index is 0.358. The molecule has 2 heterocycles. The molecular formula is C13H10N4O2. The highest BCUT2D eigenvalue weighted by Crippen LogP contribution is 2.22. The van der Waals surface area contributed by atoms with Crippen LogP contribution in [0.5, 0.6) is 0 Å². The summed E-state index contributed by atoms with van der Waals surface area (Å²) in [6, 6.07) is 9.27. The van der Waals surface area contributed by atoms with Crippen molar-refractivity contribution in [1.82, 2.24) is 15.1 Å². The second kappa shape index (κ2) is 4.55. The number of fused-ring (bicyclic) bond motifs is 1. The van der Waals surface area contributed by atoms with Gasteiger partial charge < -0.3 is 14.2 Å². The van der Waals surface area contributed by atoms with Crippen molar-refractivity contribution in [2.75, 3.05) is 7.11 Å². The van der Waals surface area contributed by atoms with E-state index in [-0.39, 0.29) is 0 Å². The van der Waals surface area contributed by atoms with E-state index in [9.17, 15) is 0 Å². The summed E-state index contributed by atoms with van der Waals surface area (Å²) in [5.41, 5.74) is 2.55. The third-order valence-electron chi connectivity index (χ3n) is 2.72. The van der Waals surface area contributed by atoms with Gasteiger partial charge in [0.15, 0.2) is 11.6 Å². The van der Waals surface area contributed by atoms with E-state index < -0.39 is 0 Å². The topological polar surface area (TPSA) is 87.7 Å². The SMILES string of the molecule is COCc1cc(-c2nc3c(C#N)cccc3[nH]2)no1. The Morgan fingerprint density at radius 2 is 2.37 bits per heavy atom. The minimum absolute atomic E-state index is 0.358. The summed E-state index contributed by atoms with van der Waals surface area (Å²) in [6.45, 7) is 0.358. The zero-order valence-corrected chi connectivity index (χ0v) is 10.2. The second-order valence-corrected chi connectivity index (χ2v) is 4.01. The molecule has 3 rings (SSSR count). The predicted molar refractivity (Wildman–Crippen MR) is 67.0 cm³/mol. The monoisotopic (exact) mass is 254 g/mol. The third-order valence-corrected chi connectivity index (χ3v) is 2.72. The number of nitrogens with one attached hydrogen (secondary N) is 1. The van der Waals surface area contributed by atoms with Crippen molar-refractivity contribution in [3.05, 3.63) is 35.6 Å². The van der Waals surface area contributed by atoms with Crippen LogP contribution in [0.4, 0.5) is 0 Å². The van der Waals surface area contributed by atoms with Crippen molar-refractivity contribution < 1.29 is 9.26 Å². The fraction of sp³-hybridized carbons (Fsp3) is 0.154. The van der Waals surface area contributed by atoms with Gasteiger partial charge >= 0.3 is 0 Å². The average Bonchev–Trinajstić information content (AvgIpc) is 3.04. The molecule has 0 unspecified atom stereocenters. The molecule has 6 nitrogen and oxygen atoms in total. The van der Waals surface area contributed by atoms with Crippen LogP contribution in [0.15, 0.2) is 28.8 Å². The fourth-order valence-electron chi connectivity index (χ4n) is 1.88. The Balaban J connectivity index is 2.07. The van der Waals surface area contributed by atoms with Crippen LogP contribution < -0.4 is 0 Å². The zero-order chi connectivity index (χ0) is 13.2. The summed E-state index contributed by atoms with van der Waals surface area (Å²) in [6.07, 6.45) is 0. The number of aromatic nitrogens is 3. The van der Waals surface area contributed by atoms with Gasteiger partial charge in [-0.1, -0.05) is 11.2 Å². The molecule has 0 fully saturated rings. The van der Waals surface area contributed by atoms with Gasteiger partial charge in [0, 0.05) is 13.2 Å². The molecule has 0 bridgehead atoms. The molecule has 19 heavy (non-hydrogen) atoms. The Bertz CT molecular complexity index is 766. The van der Waals surface area contributed by atoms with Crippen molar-refractivity contribution >= 4 is 11.0 Å². The maximum atomic E-state index is 9.03. The summed E-state index contributed by atoms with van der Waals surface area (Å²) in [4.78, 5) is 7.50. The van der Waals surface area contributed by atoms with Crippen LogP contribution in [0.3, 0.4) is 0 Å². The highest BCUT2D eigenvalue weighted by atomic mass is 16.5. The van der Waals surface area contributed by atoms with Crippen LogP contribution in [-0.4, -0.2) is 22.2 Å². The summed E-state index contributed by atoms with van der Waals surface area (Å²) >= 11 is 0. The number of imidazole rings is 1. The molecule has 0 aliphatic carbocycles. The van der Waals surface area contributed by atoms with E-state index in [1.54, 1.807) is 19.2 Å². The van der Waals surface area contributed by atoms with Gasteiger partial charge in [-0.2, -0.15) is 5.26 Å². The van der Waals surface area contributed by atoms with Gasteiger partial charge in [-0.05, 0) is 12.1 Å². The molecule has 0 atom stereocenters. The molecule has 0 amide bonds. The predicted octanol–water partition coefficient (Wildman–Crippen LogP) is 2.24. The van der Waals surface area contributed by atoms with Gasteiger partial charge in [0.2, 0.25) is 0 Å². The van der Waals surface area contributed by atoms with Crippen LogP contribution in [-0.2, 0) is 11.3 Å². The van der Waals surface area contributed by atoms with Crippen molar-refractivity contribution in [2.45, 2.75) is 6.61 Å². The lowest BCUT2D eigenvalue weighted by Crippen LogP contribution is -1.82. The number of hydrogen-bond donors (Lipinski definition) is 1. The molecule has 2 aromatic heterocycles. The minimum Gasteiger partial charge on any atom is -0.377 e. The molecule has 6 heteroatoms. The first-order valence-corrected chi connectivity index (χ1v) is 5.65. The van der Waals surface area contributed by atoms with Gasteiger partial charge in [0.25, 0.3) is 0 Å². The maximum absolute atomic E-state index is 9.03. The lowest BCUT2D eigenvalue weighted by atomic mass is 10.2. The zero-order valence-electron chi connectivity index (χ0n) is 10.2. The number of rotatable bonds is 3. The summed E-state index contributed by atoms with van der Waals surface area (Å²) < 4.78 is 10.1. The Labute approximate surface area is 108 Å². The molecule has 3 aromatic rings. The molecule has 94 valence electrons. The lowest BCUT2D eigenvalue weighted by molar-refractivity contribution is 0.156. The number of aromatic amines is 1.